The Labute approximate surface area is 112 Å². The van der Waals surface area contributed by atoms with Crippen LogP contribution in [-0.2, 0) is 0 Å². The van der Waals surface area contributed by atoms with Crippen LogP contribution in [-0.4, -0.2) is 11.7 Å². The van der Waals surface area contributed by atoms with Crippen molar-refractivity contribution in [3.63, 3.8) is 0 Å². The topological polar surface area (TPSA) is 46.2 Å². The monoisotopic (exact) mass is 273 g/mol. The fourth-order valence-electron chi connectivity index (χ4n) is 2.94. The maximum atomic E-state index is 10.6. The number of thiophene rings is 1. The molecule has 1 saturated carbocycles. The molecule has 4 heteroatoms. The molecule has 1 aliphatic rings. The quantitative estimate of drug-likeness (QED) is 0.881. The van der Waals surface area contributed by atoms with Gasteiger partial charge in [-0.15, -0.1) is 11.3 Å². The number of hydrogen-bond acceptors (Lipinski definition) is 3. The summed E-state index contributed by atoms with van der Waals surface area (Å²) in [6, 6.07) is 1.87. The summed E-state index contributed by atoms with van der Waals surface area (Å²) in [7, 11) is 0. The Hall–Kier alpha value is -0.0900. The summed E-state index contributed by atoms with van der Waals surface area (Å²) >= 11 is 7.45. The van der Waals surface area contributed by atoms with Gasteiger partial charge < -0.3 is 10.8 Å². The van der Waals surface area contributed by atoms with E-state index in [-0.39, 0.29) is 5.41 Å². The van der Waals surface area contributed by atoms with Crippen molar-refractivity contribution < 1.29 is 5.11 Å². The lowest BCUT2D eigenvalue weighted by atomic mass is 9.78. The fourth-order valence-corrected chi connectivity index (χ4v) is 4.14. The zero-order chi connectivity index (χ0) is 12.5. The van der Waals surface area contributed by atoms with E-state index in [2.05, 4.69) is 6.92 Å². The maximum Gasteiger partial charge on any atom is 0.0950 e. The van der Waals surface area contributed by atoms with Crippen molar-refractivity contribution >= 4 is 22.9 Å². The molecule has 0 bridgehead atoms. The molecule has 2 rings (SSSR count). The number of rotatable bonds is 4. The van der Waals surface area contributed by atoms with E-state index in [1.807, 2.05) is 11.4 Å². The lowest BCUT2D eigenvalue weighted by Gasteiger charge is -2.32. The number of halogens is 1. The van der Waals surface area contributed by atoms with E-state index in [4.69, 9.17) is 17.3 Å². The molecular formula is C13H20ClNOS. The number of aliphatic hydroxyl groups is 1. The Kier molecular flexibility index (Phi) is 4.14. The summed E-state index contributed by atoms with van der Waals surface area (Å²) in [6.45, 7) is 2.77. The highest BCUT2D eigenvalue weighted by molar-refractivity contribution is 7.10. The van der Waals surface area contributed by atoms with Crippen molar-refractivity contribution in [3.8, 4) is 0 Å². The molecule has 1 aromatic heterocycles. The third kappa shape index (κ3) is 2.53. The first kappa shape index (κ1) is 13.3. The van der Waals surface area contributed by atoms with Crippen LogP contribution in [0.5, 0.6) is 0 Å². The summed E-state index contributed by atoms with van der Waals surface area (Å²) in [4.78, 5) is 0.956. The van der Waals surface area contributed by atoms with Crippen LogP contribution >= 0.6 is 22.9 Å². The van der Waals surface area contributed by atoms with Gasteiger partial charge in [0.05, 0.1) is 11.1 Å². The van der Waals surface area contributed by atoms with Crippen LogP contribution in [0.15, 0.2) is 11.4 Å². The highest BCUT2D eigenvalue weighted by Crippen LogP contribution is 2.51. The first-order valence-corrected chi connectivity index (χ1v) is 7.49. The number of nitrogens with two attached hydrogens (primary N) is 1. The Bertz CT molecular complexity index is 381. The van der Waals surface area contributed by atoms with Crippen molar-refractivity contribution in [2.24, 2.45) is 17.1 Å². The van der Waals surface area contributed by atoms with Gasteiger partial charge in [-0.1, -0.05) is 24.9 Å². The van der Waals surface area contributed by atoms with E-state index in [1.165, 1.54) is 24.2 Å². The molecule has 1 heterocycles. The Balaban J connectivity index is 2.18. The first-order chi connectivity index (χ1) is 8.11. The van der Waals surface area contributed by atoms with Crippen molar-refractivity contribution in [2.45, 2.75) is 38.7 Å². The van der Waals surface area contributed by atoms with Gasteiger partial charge in [-0.25, -0.2) is 0 Å². The average molecular weight is 274 g/mol. The molecule has 3 atom stereocenters. The second-order valence-corrected chi connectivity index (χ2v) is 6.53. The molecular weight excluding hydrogens is 254 g/mol. The zero-order valence-corrected chi connectivity index (χ0v) is 11.7. The third-order valence-corrected chi connectivity index (χ3v) is 5.50. The summed E-state index contributed by atoms with van der Waals surface area (Å²) in [6.07, 6.45) is 3.97. The summed E-state index contributed by atoms with van der Waals surface area (Å²) in [5.41, 5.74) is 5.81. The van der Waals surface area contributed by atoms with E-state index in [0.29, 0.717) is 17.5 Å². The molecule has 0 saturated heterocycles. The van der Waals surface area contributed by atoms with Gasteiger partial charge in [0, 0.05) is 22.2 Å². The van der Waals surface area contributed by atoms with E-state index in [0.717, 1.165) is 17.7 Å². The van der Waals surface area contributed by atoms with Crippen LogP contribution in [0.1, 0.15) is 43.6 Å². The van der Waals surface area contributed by atoms with E-state index < -0.39 is 6.10 Å². The minimum Gasteiger partial charge on any atom is -0.387 e. The zero-order valence-electron chi connectivity index (χ0n) is 10.2. The molecule has 0 aromatic carbocycles. The molecule has 1 aromatic rings. The van der Waals surface area contributed by atoms with Crippen LogP contribution in [0.2, 0.25) is 5.02 Å². The molecule has 0 spiro atoms. The molecule has 3 unspecified atom stereocenters. The molecule has 17 heavy (non-hydrogen) atoms. The highest BCUT2D eigenvalue weighted by atomic mass is 35.5. The highest BCUT2D eigenvalue weighted by Gasteiger charge is 2.44. The Morgan fingerprint density at radius 2 is 2.47 bits per heavy atom. The van der Waals surface area contributed by atoms with Crippen LogP contribution in [0, 0.1) is 11.3 Å². The van der Waals surface area contributed by atoms with Gasteiger partial charge in [-0.2, -0.15) is 0 Å². The molecule has 2 nitrogen and oxygen atoms in total. The van der Waals surface area contributed by atoms with Gasteiger partial charge in [-0.05, 0) is 31.2 Å². The molecule has 3 N–H and O–H groups in total. The third-order valence-electron chi connectivity index (χ3n) is 4.17. The largest absolute Gasteiger partial charge is 0.387 e. The summed E-state index contributed by atoms with van der Waals surface area (Å²) in [5, 5.41) is 13.2. The predicted octanol–water partition coefficient (Wildman–Crippen LogP) is 3.59. The van der Waals surface area contributed by atoms with Gasteiger partial charge in [0.1, 0.15) is 0 Å². The lowest BCUT2D eigenvalue weighted by molar-refractivity contribution is 0.0329. The van der Waals surface area contributed by atoms with Gasteiger partial charge in [-0.3, -0.25) is 0 Å². The number of aliphatic hydroxyl groups excluding tert-OH is 1. The average Bonchev–Trinajstić information content (AvgIpc) is 2.95. The summed E-state index contributed by atoms with van der Waals surface area (Å²) < 4.78 is 0. The second kappa shape index (κ2) is 5.27. The van der Waals surface area contributed by atoms with Crippen molar-refractivity contribution in [3.05, 3.63) is 21.3 Å². The molecule has 1 aliphatic carbocycles. The van der Waals surface area contributed by atoms with Crippen LogP contribution < -0.4 is 5.73 Å². The van der Waals surface area contributed by atoms with Gasteiger partial charge >= 0.3 is 0 Å². The minimum atomic E-state index is -0.457. The first-order valence-electron chi connectivity index (χ1n) is 6.23. The Morgan fingerprint density at radius 1 is 1.71 bits per heavy atom. The van der Waals surface area contributed by atoms with Gasteiger partial charge in [0.15, 0.2) is 0 Å². The van der Waals surface area contributed by atoms with Crippen molar-refractivity contribution in [1.82, 2.24) is 0 Å². The standard InChI is InChI=1S/C13H20ClNOS/c1-2-9-3-4-13(6-9,8-15)12(16)11-5-10(14)7-17-11/h5,7,9,12,16H,2-4,6,8,15H2,1H3. The second-order valence-electron chi connectivity index (χ2n) is 5.15. The van der Waals surface area contributed by atoms with Crippen LogP contribution in [0.4, 0.5) is 0 Å². The van der Waals surface area contributed by atoms with Crippen molar-refractivity contribution in [2.75, 3.05) is 6.54 Å². The predicted molar refractivity (Wildman–Crippen MR) is 73.4 cm³/mol. The number of hydrogen-bond donors (Lipinski definition) is 2. The van der Waals surface area contributed by atoms with Gasteiger partial charge in [0.25, 0.3) is 0 Å². The van der Waals surface area contributed by atoms with E-state index in [1.54, 1.807) is 0 Å². The lowest BCUT2D eigenvalue weighted by Crippen LogP contribution is -2.34. The smallest absolute Gasteiger partial charge is 0.0950 e. The maximum absolute atomic E-state index is 10.6. The summed E-state index contributed by atoms with van der Waals surface area (Å²) in [5.74, 6) is 0.712. The normalized spacial score (nSPS) is 30.7. The van der Waals surface area contributed by atoms with E-state index >= 15 is 0 Å². The van der Waals surface area contributed by atoms with E-state index in [9.17, 15) is 5.11 Å². The Morgan fingerprint density at radius 3 is 2.94 bits per heavy atom. The molecule has 1 fully saturated rings. The fraction of sp³-hybridized carbons (Fsp3) is 0.692. The van der Waals surface area contributed by atoms with Crippen molar-refractivity contribution in [1.29, 1.82) is 0 Å². The minimum absolute atomic E-state index is 0.130. The molecule has 96 valence electrons. The molecule has 0 radical (unpaired) electrons. The van der Waals surface area contributed by atoms with Crippen LogP contribution in [0.3, 0.4) is 0 Å². The molecule has 0 aliphatic heterocycles. The van der Waals surface area contributed by atoms with Gasteiger partial charge in [0.2, 0.25) is 0 Å². The SMILES string of the molecule is CCC1CCC(CN)(C(O)c2cc(Cl)cs2)C1. The van der Waals surface area contributed by atoms with Crippen LogP contribution in [0.25, 0.3) is 0 Å². The molecule has 0 amide bonds.